The van der Waals surface area contributed by atoms with Crippen molar-refractivity contribution in [2.24, 2.45) is 0 Å². The molecule has 4 N–H and O–H groups in total. The minimum absolute atomic E-state index is 0.00514. The van der Waals surface area contributed by atoms with Crippen LogP contribution in [0.25, 0.3) is 0 Å². The van der Waals surface area contributed by atoms with Crippen molar-refractivity contribution < 1.29 is 20.4 Å². The molecule has 0 spiro atoms. The van der Waals surface area contributed by atoms with Gasteiger partial charge in [-0.15, -0.1) is 0 Å². The second kappa shape index (κ2) is 10.4. The molecule has 0 saturated carbocycles. The molecule has 2 aromatic carbocycles. The quantitative estimate of drug-likeness (QED) is 0.388. The molecule has 0 aromatic heterocycles. The van der Waals surface area contributed by atoms with E-state index in [-0.39, 0.29) is 39.7 Å². The maximum atomic E-state index is 9.71. The largest absolute Gasteiger partial charge is 0.504 e. The fraction of sp³-hybridized carbons (Fsp3) is 0.520. The number of phenolic OH excluding ortho intramolecular Hbond substituents is 4. The van der Waals surface area contributed by atoms with Crippen molar-refractivity contribution in [3.05, 3.63) is 47.0 Å². The number of benzene rings is 2. The van der Waals surface area contributed by atoms with Gasteiger partial charge in [0.05, 0.1) is 0 Å². The van der Waals surface area contributed by atoms with Crippen molar-refractivity contribution in [3.8, 4) is 23.0 Å². The molecule has 0 unspecified atom stereocenters. The van der Waals surface area contributed by atoms with Crippen LogP contribution in [0.3, 0.4) is 0 Å². The van der Waals surface area contributed by atoms with Crippen molar-refractivity contribution in [3.63, 3.8) is 0 Å². The van der Waals surface area contributed by atoms with Gasteiger partial charge in [-0.3, -0.25) is 0 Å². The van der Waals surface area contributed by atoms with E-state index < -0.39 is 0 Å². The summed E-state index contributed by atoms with van der Waals surface area (Å²) in [6.07, 6.45) is 0. The average Bonchev–Trinajstić information content (AvgIpc) is 2.59. The number of hydrogen-bond donors (Lipinski definition) is 4. The standard InChI is InChI=1S/C13H20O2.C10H14O2.C2H6/c1-8(2)10-6-9(13(3,4)5)7-11(14)12(10)15;1-10(2,3)7-4-5-8(11)9(12)6-7;1-2/h6-8,14-15H,1-5H3;4-6,11-12H,1-3H3;1-2H3. The van der Waals surface area contributed by atoms with Gasteiger partial charge in [0.2, 0.25) is 0 Å². The highest BCUT2D eigenvalue weighted by Gasteiger charge is 2.19. The SMILES string of the molecule is CC.CC(C)(C)c1ccc(O)c(O)c1.CC(C)c1cc(C(C)(C)C)cc(O)c1O. The highest BCUT2D eigenvalue weighted by atomic mass is 16.3. The van der Waals surface area contributed by atoms with Crippen molar-refractivity contribution >= 4 is 0 Å². The van der Waals surface area contributed by atoms with Gasteiger partial charge in [-0.2, -0.15) is 0 Å². The molecule has 0 radical (unpaired) electrons. The zero-order chi connectivity index (χ0) is 23.2. The van der Waals surface area contributed by atoms with E-state index in [4.69, 9.17) is 5.11 Å². The van der Waals surface area contributed by atoms with E-state index >= 15 is 0 Å². The summed E-state index contributed by atoms with van der Waals surface area (Å²) in [4.78, 5) is 0. The molecule has 0 amide bonds. The van der Waals surface area contributed by atoms with Crippen LogP contribution in [-0.2, 0) is 10.8 Å². The molecule has 0 aliphatic carbocycles. The van der Waals surface area contributed by atoms with Crippen LogP contribution in [0.1, 0.15) is 91.8 Å². The molecule has 2 rings (SSSR count). The molecule has 0 atom stereocenters. The number of aromatic hydroxyl groups is 4. The third kappa shape index (κ3) is 7.88. The second-order valence-electron chi connectivity index (χ2n) is 9.29. The lowest BCUT2D eigenvalue weighted by molar-refractivity contribution is 0.395. The average molecular weight is 405 g/mol. The number of phenols is 4. The normalized spacial score (nSPS) is 11.3. The lowest BCUT2D eigenvalue weighted by Gasteiger charge is -2.22. The van der Waals surface area contributed by atoms with Crippen LogP contribution >= 0.6 is 0 Å². The summed E-state index contributed by atoms with van der Waals surface area (Å²) in [6.45, 7) is 20.4. The lowest BCUT2D eigenvalue weighted by atomic mass is 9.84. The Bertz CT molecular complexity index is 779. The molecule has 0 aliphatic rings. The molecule has 0 fully saturated rings. The Hall–Kier alpha value is -2.36. The molecule has 0 aliphatic heterocycles. The van der Waals surface area contributed by atoms with Crippen LogP contribution in [0.5, 0.6) is 23.0 Å². The molecular weight excluding hydrogens is 364 g/mol. The summed E-state index contributed by atoms with van der Waals surface area (Å²) in [5.41, 5.74) is 2.85. The third-order valence-corrected chi connectivity index (χ3v) is 4.45. The predicted octanol–water partition coefficient (Wildman–Crippen LogP) is 6.94. The predicted molar refractivity (Wildman–Crippen MR) is 122 cm³/mol. The Morgan fingerprint density at radius 2 is 1.07 bits per heavy atom. The first kappa shape index (κ1) is 26.6. The molecule has 4 nitrogen and oxygen atoms in total. The van der Waals surface area contributed by atoms with E-state index in [0.29, 0.717) is 0 Å². The number of rotatable bonds is 1. The highest BCUT2D eigenvalue weighted by Crippen LogP contribution is 2.38. The van der Waals surface area contributed by atoms with Gasteiger partial charge in [0.1, 0.15) is 0 Å². The minimum atomic E-state index is -0.0667. The molecule has 0 heterocycles. The highest BCUT2D eigenvalue weighted by molar-refractivity contribution is 5.50. The zero-order valence-electron chi connectivity index (χ0n) is 19.8. The first-order chi connectivity index (χ1) is 13.1. The van der Waals surface area contributed by atoms with Gasteiger partial charge < -0.3 is 20.4 Å². The molecular formula is C25H40O4. The topological polar surface area (TPSA) is 80.9 Å². The van der Waals surface area contributed by atoms with Gasteiger partial charge in [0.15, 0.2) is 23.0 Å². The summed E-state index contributed by atoms with van der Waals surface area (Å²) in [5, 5.41) is 37.6. The van der Waals surface area contributed by atoms with Gasteiger partial charge >= 0.3 is 0 Å². The monoisotopic (exact) mass is 404 g/mol. The fourth-order valence-electron chi connectivity index (χ4n) is 2.50. The summed E-state index contributed by atoms with van der Waals surface area (Å²) >= 11 is 0. The van der Waals surface area contributed by atoms with E-state index in [1.807, 2.05) is 39.8 Å². The molecule has 29 heavy (non-hydrogen) atoms. The van der Waals surface area contributed by atoms with Crippen LogP contribution in [0.4, 0.5) is 0 Å². The lowest BCUT2D eigenvalue weighted by Crippen LogP contribution is -2.11. The van der Waals surface area contributed by atoms with Gasteiger partial charge in [0.25, 0.3) is 0 Å². The van der Waals surface area contributed by atoms with Crippen LogP contribution < -0.4 is 0 Å². The smallest absolute Gasteiger partial charge is 0.160 e. The van der Waals surface area contributed by atoms with Gasteiger partial charge in [-0.05, 0) is 46.1 Å². The van der Waals surface area contributed by atoms with Crippen LogP contribution in [0.2, 0.25) is 0 Å². The van der Waals surface area contributed by atoms with E-state index in [1.54, 1.807) is 12.1 Å². The minimum Gasteiger partial charge on any atom is -0.504 e. The van der Waals surface area contributed by atoms with E-state index in [1.165, 1.54) is 6.07 Å². The first-order valence-electron chi connectivity index (χ1n) is 10.2. The van der Waals surface area contributed by atoms with E-state index in [0.717, 1.165) is 16.7 Å². The summed E-state index contributed by atoms with van der Waals surface area (Å²) < 4.78 is 0. The van der Waals surface area contributed by atoms with Crippen LogP contribution in [0, 0.1) is 0 Å². The molecule has 0 bridgehead atoms. The maximum absolute atomic E-state index is 9.71. The fourth-order valence-corrected chi connectivity index (χ4v) is 2.50. The summed E-state index contributed by atoms with van der Waals surface area (Å²) in [6, 6.07) is 8.53. The van der Waals surface area contributed by atoms with Gasteiger partial charge in [-0.1, -0.05) is 81.4 Å². The Balaban J connectivity index is 0.000000508. The van der Waals surface area contributed by atoms with Crippen molar-refractivity contribution in [1.29, 1.82) is 0 Å². The Kier molecular flexibility index (Phi) is 9.58. The van der Waals surface area contributed by atoms with Crippen molar-refractivity contribution in [2.45, 2.75) is 86.0 Å². The van der Waals surface area contributed by atoms with E-state index in [9.17, 15) is 15.3 Å². The number of hydrogen-bond acceptors (Lipinski definition) is 4. The first-order valence-corrected chi connectivity index (χ1v) is 10.2. The Morgan fingerprint density at radius 1 is 0.621 bits per heavy atom. The molecule has 4 heteroatoms. The molecule has 2 aromatic rings. The van der Waals surface area contributed by atoms with Crippen LogP contribution in [0.15, 0.2) is 30.3 Å². The van der Waals surface area contributed by atoms with Gasteiger partial charge in [0, 0.05) is 5.56 Å². The Morgan fingerprint density at radius 3 is 1.45 bits per heavy atom. The van der Waals surface area contributed by atoms with Crippen molar-refractivity contribution in [1.82, 2.24) is 0 Å². The summed E-state index contributed by atoms with van der Waals surface area (Å²) in [5.74, 6) is 0.0766. The van der Waals surface area contributed by atoms with E-state index in [2.05, 4.69) is 41.5 Å². The molecule has 164 valence electrons. The third-order valence-electron chi connectivity index (χ3n) is 4.45. The Labute approximate surface area is 176 Å². The van der Waals surface area contributed by atoms with Gasteiger partial charge in [-0.25, -0.2) is 0 Å². The second-order valence-corrected chi connectivity index (χ2v) is 9.29. The summed E-state index contributed by atoms with van der Waals surface area (Å²) in [7, 11) is 0. The van der Waals surface area contributed by atoms with Crippen LogP contribution in [-0.4, -0.2) is 20.4 Å². The van der Waals surface area contributed by atoms with Crippen molar-refractivity contribution in [2.75, 3.05) is 0 Å². The maximum Gasteiger partial charge on any atom is 0.160 e. The zero-order valence-corrected chi connectivity index (χ0v) is 19.8. The molecule has 0 saturated heterocycles.